The third kappa shape index (κ3) is 2.64. The lowest BCUT2D eigenvalue weighted by atomic mass is 10.1. The molecule has 2 fully saturated rings. The molecule has 0 aliphatic carbocycles. The normalized spacial score (nSPS) is 25.9. The molecule has 21 heavy (non-hydrogen) atoms. The first-order chi connectivity index (χ1) is 10.1. The van der Waals surface area contributed by atoms with Crippen LogP contribution >= 0.6 is 11.8 Å². The van der Waals surface area contributed by atoms with E-state index in [1.165, 1.54) is 24.6 Å². The number of fused-ring (bicyclic) bond motifs is 2. The zero-order chi connectivity index (χ0) is 15.0. The fourth-order valence-corrected chi connectivity index (χ4v) is 4.31. The van der Waals surface area contributed by atoms with Crippen LogP contribution in [0.25, 0.3) is 0 Å². The predicted molar refractivity (Wildman–Crippen MR) is 86.6 cm³/mol. The molecule has 2 unspecified atom stereocenters. The number of carboxylic acid groups (broad SMARTS) is 1. The topological polar surface area (TPSA) is 43.8 Å². The lowest BCUT2D eigenvalue weighted by molar-refractivity contribution is 0.0694. The summed E-state index contributed by atoms with van der Waals surface area (Å²) in [5.74, 6) is -0.822. The Morgan fingerprint density at radius 1 is 1.29 bits per heavy atom. The summed E-state index contributed by atoms with van der Waals surface area (Å²) in [5.41, 5.74) is 1.35. The molecule has 3 rings (SSSR count). The molecule has 0 radical (unpaired) electrons. The molecule has 114 valence electrons. The second-order valence-corrected chi connectivity index (χ2v) is 6.79. The highest BCUT2D eigenvalue weighted by molar-refractivity contribution is 7.98. The van der Waals surface area contributed by atoms with Crippen LogP contribution in [0.15, 0.2) is 23.1 Å². The van der Waals surface area contributed by atoms with Crippen LogP contribution in [0.1, 0.15) is 29.6 Å². The van der Waals surface area contributed by atoms with Gasteiger partial charge in [-0.1, -0.05) is 6.07 Å². The van der Waals surface area contributed by atoms with E-state index in [0.29, 0.717) is 17.6 Å². The number of nitrogens with zero attached hydrogens (tertiary/aromatic N) is 2. The molecule has 2 saturated heterocycles. The van der Waals surface area contributed by atoms with Gasteiger partial charge < -0.3 is 10.0 Å². The van der Waals surface area contributed by atoms with Crippen molar-refractivity contribution in [3.05, 3.63) is 23.8 Å². The van der Waals surface area contributed by atoms with Crippen molar-refractivity contribution in [3.8, 4) is 0 Å². The first-order valence-corrected chi connectivity index (χ1v) is 8.71. The number of likely N-dealkylation sites (N-methyl/N-ethyl adjacent to an activating group) is 1. The van der Waals surface area contributed by atoms with Crippen LogP contribution in [-0.2, 0) is 0 Å². The minimum atomic E-state index is -0.822. The van der Waals surface area contributed by atoms with E-state index in [4.69, 9.17) is 0 Å². The van der Waals surface area contributed by atoms with Crippen LogP contribution in [-0.4, -0.2) is 54.5 Å². The smallest absolute Gasteiger partial charge is 0.338 e. The lowest BCUT2D eigenvalue weighted by Gasteiger charge is -2.29. The quantitative estimate of drug-likeness (QED) is 0.870. The molecule has 0 aromatic heterocycles. The molecule has 1 aromatic rings. The highest BCUT2D eigenvalue weighted by Gasteiger charge is 2.35. The summed E-state index contributed by atoms with van der Waals surface area (Å²) in [5, 5.41) is 9.61. The maximum atomic E-state index is 11.7. The van der Waals surface area contributed by atoms with Crippen molar-refractivity contribution < 1.29 is 9.90 Å². The zero-order valence-electron chi connectivity index (χ0n) is 12.6. The molecule has 0 spiro atoms. The van der Waals surface area contributed by atoms with Gasteiger partial charge in [0, 0.05) is 30.1 Å². The summed E-state index contributed by atoms with van der Waals surface area (Å²) >= 11 is 1.51. The van der Waals surface area contributed by atoms with Gasteiger partial charge in [-0.25, -0.2) is 4.79 Å². The van der Waals surface area contributed by atoms with Gasteiger partial charge in [-0.05, 0) is 44.7 Å². The van der Waals surface area contributed by atoms with E-state index in [0.717, 1.165) is 30.1 Å². The summed E-state index contributed by atoms with van der Waals surface area (Å²) in [7, 11) is 2.21. The number of hydrogen-bond acceptors (Lipinski definition) is 4. The van der Waals surface area contributed by atoms with Crippen LogP contribution in [0.3, 0.4) is 0 Å². The summed E-state index contributed by atoms with van der Waals surface area (Å²) in [6, 6.07) is 7.05. The third-order valence-corrected chi connectivity index (χ3v) is 5.71. The Hall–Kier alpha value is -1.20. The average molecular weight is 306 g/mol. The van der Waals surface area contributed by atoms with Gasteiger partial charge in [-0.2, -0.15) is 0 Å². The molecule has 1 N–H and O–H groups in total. The van der Waals surface area contributed by atoms with Crippen molar-refractivity contribution in [1.29, 1.82) is 0 Å². The second kappa shape index (κ2) is 5.89. The highest BCUT2D eigenvalue weighted by Crippen LogP contribution is 2.34. The molecule has 0 saturated carbocycles. The molecule has 5 heteroatoms. The van der Waals surface area contributed by atoms with Gasteiger partial charge in [0.1, 0.15) is 0 Å². The predicted octanol–water partition coefficient (Wildman–Crippen LogP) is 2.78. The van der Waals surface area contributed by atoms with Crippen molar-refractivity contribution in [3.63, 3.8) is 0 Å². The fourth-order valence-electron chi connectivity index (χ4n) is 3.70. The zero-order valence-corrected chi connectivity index (χ0v) is 13.4. The van der Waals surface area contributed by atoms with Crippen LogP contribution in [0.4, 0.5) is 5.69 Å². The summed E-state index contributed by atoms with van der Waals surface area (Å²) in [6.45, 7) is 1.88. The van der Waals surface area contributed by atoms with Crippen molar-refractivity contribution in [2.75, 3.05) is 31.3 Å². The summed E-state index contributed by atoms with van der Waals surface area (Å²) in [6.07, 6.45) is 5.56. The molecular formula is C16H22N2O2S. The van der Waals surface area contributed by atoms with E-state index in [1.807, 2.05) is 24.5 Å². The molecule has 4 nitrogen and oxygen atoms in total. The number of anilines is 1. The van der Waals surface area contributed by atoms with E-state index in [2.05, 4.69) is 16.8 Å². The number of carbonyl (C=O) groups is 1. The van der Waals surface area contributed by atoms with Gasteiger partial charge in [-0.3, -0.25) is 4.90 Å². The minimum Gasteiger partial charge on any atom is -0.478 e. The standard InChI is InChI=1S/C16H22N2O2S/c1-17-11-6-7-12(17)10-18(9-8-11)13-4-3-5-14(21-2)15(13)16(19)20/h3-5,11-12H,6-10H2,1-2H3,(H,19,20). The number of rotatable bonds is 3. The van der Waals surface area contributed by atoms with E-state index >= 15 is 0 Å². The molecule has 2 bridgehead atoms. The van der Waals surface area contributed by atoms with Crippen LogP contribution in [0.2, 0.25) is 0 Å². The van der Waals surface area contributed by atoms with E-state index in [9.17, 15) is 9.90 Å². The van der Waals surface area contributed by atoms with Crippen molar-refractivity contribution in [2.45, 2.75) is 36.2 Å². The fraction of sp³-hybridized carbons (Fsp3) is 0.562. The number of thioether (sulfide) groups is 1. The maximum Gasteiger partial charge on any atom is 0.338 e. The third-order valence-electron chi connectivity index (χ3n) is 4.93. The van der Waals surface area contributed by atoms with E-state index in [1.54, 1.807) is 0 Å². The number of hydrogen-bond donors (Lipinski definition) is 1. The van der Waals surface area contributed by atoms with E-state index in [-0.39, 0.29) is 0 Å². The molecule has 2 aliphatic rings. The Morgan fingerprint density at radius 3 is 2.76 bits per heavy atom. The molecule has 2 aliphatic heterocycles. The maximum absolute atomic E-state index is 11.7. The number of carboxylic acids is 1. The Bertz CT molecular complexity index is 549. The second-order valence-electron chi connectivity index (χ2n) is 5.94. The SMILES string of the molecule is CSc1cccc(N2CCC3CCC(C2)N3C)c1C(=O)O. The molecule has 2 heterocycles. The van der Waals surface area contributed by atoms with Crippen molar-refractivity contribution in [1.82, 2.24) is 4.90 Å². The van der Waals surface area contributed by atoms with E-state index < -0.39 is 5.97 Å². The molecular weight excluding hydrogens is 284 g/mol. The number of aromatic carboxylic acids is 1. The van der Waals surface area contributed by atoms with Gasteiger partial charge in [-0.15, -0.1) is 11.8 Å². The van der Waals surface area contributed by atoms with Crippen LogP contribution in [0, 0.1) is 0 Å². The summed E-state index contributed by atoms with van der Waals surface area (Å²) in [4.78, 5) is 17.3. The molecule has 1 aromatic carbocycles. The van der Waals surface area contributed by atoms with Crippen molar-refractivity contribution in [2.24, 2.45) is 0 Å². The van der Waals surface area contributed by atoms with Crippen molar-refractivity contribution >= 4 is 23.4 Å². The lowest BCUT2D eigenvalue weighted by Crippen LogP contribution is -2.37. The summed E-state index contributed by atoms with van der Waals surface area (Å²) < 4.78 is 0. The first kappa shape index (κ1) is 14.7. The van der Waals surface area contributed by atoms with Gasteiger partial charge in [0.25, 0.3) is 0 Å². The largest absolute Gasteiger partial charge is 0.478 e. The van der Waals surface area contributed by atoms with Gasteiger partial charge in [0.2, 0.25) is 0 Å². The Labute approximate surface area is 130 Å². The Morgan fingerprint density at radius 2 is 2.05 bits per heavy atom. The molecule has 0 amide bonds. The Balaban J connectivity index is 1.95. The van der Waals surface area contributed by atoms with Crippen LogP contribution < -0.4 is 4.90 Å². The monoisotopic (exact) mass is 306 g/mol. The average Bonchev–Trinajstić information content (AvgIpc) is 2.71. The minimum absolute atomic E-state index is 0.463. The van der Waals surface area contributed by atoms with Gasteiger partial charge in [0.05, 0.1) is 11.3 Å². The van der Waals surface area contributed by atoms with Crippen LogP contribution in [0.5, 0.6) is 0 Å². The number of benzene rings is 1. The highest BCUT2D eigenvalue weighted by atomic mass is 32.2. The van der Waals surface area contributed by atoms with Gasteiger partial charge >= 0.3 is 5.97 Å². The first-order valence-electron chi connectivity index (χ1n) is 7.49. The Kier molecular flexibility index (Phi) is 4.13. The van der Waals surface area contributed by atoms with Gasteiger partial charge in [0.15, 0.2) is 0 Å². The molecule has 2 atom stereocenters.